The Morgan fingerprint density at radius 3 is 2.33 bits per heavy atom. The first kappa shape index (κ1) is 22.6. The number of benzene rings is 3. The van der Waals surface area contributed by atoms with Crippen LogP contribution in [0.5, 0.6) is 0 Å². The highest BCUT2D eigenvalue weighted by Crippen LogP contribution is 2.24. The van der Waals surface area contributed by atoms with Gasteiger partial charge in [-0.1, -0.05) is 66.7 Å². The molecule has 0 aliphatic carbocycles. The minimum Gasteiger partial charge on any atom is -0.368 e. The quantitative estimate of drug-likeness (QED) is 0.529. The van der Waals surface area contributed by atoms with Gasteiger partial charge in [0.1, 0.15) is 0 Å². The molecule has 0 saturated carbocycles. The number of primary amides is 1. The van der Waals surface area contributed by atoms with Crippen molar-refractivity contribution in [2.75, 3.05) is 23.3 Å². The van der Waals surface area contributed by atoms with Crippen LogP contribution in [0.25, 0.3) is 0 Å². The van der Waals surface area contributed by atoms with E-state index in [1.54, 1.807) is 0 Å². The van der Waals surface area contributed by atoms with Crippen molar-refractivity contribution in [3.8, 4) is 0 Å². The van der Waals surface area contributed by atoms with Crippen molar-refractivity contribution in [2.24, 2.45) is 5.73 Å². The van der Waals surface area contributed by atoms with Crippen LogP contribution in [0.2, 0.25) is 0 Å². The van der Waals surface area contributed by atoms with Gasteiger partial charge in [0.25, 0.3) is 0 Å². The van der Waals surface area contributed by atoms with Crippen molar-refractivity contribution in [3.05, 3.63) is 96.1 Å². The van der Waals surface area contributed by atoms with E-state index in [0.29, 0.717) is 12.2 Å². The maximum absolute atomic E-state index is 13.1. The van der Waals surface area contributed by atoms with Gasteiger partial charge in [-0.25, -0.2) is 0 Å². The van der Waals surface area contributed by atoms with E-state index in [9.17, 15) is 9.59 Å². The Morgan fingerprint density at radius 1 is 0.939 bits per heavy atom. The van der Waals surface area contributed by atoms with Crippen LogP contribution < -0.4 is 16.0 Å². The molecule has 1 heterocycles. The number of likely N-dealkylation sites (tertiary alicyclic amines) is 1. The SMILES string of the molecule is NC(=O)CN(Cc1ccccc1)c1cccc(NC(=O)C2CCCN2Cc2ccccc2)c1. The number of carbonyl (C=O) groups excluding carboxylic acids is 2. The van der Waals surface area contributed by atoms with Gasteiger partial charge in [0.15, 0.2) is 0 Å². The minimum atomic E-state index is -0.400. The van der Waals surface area contributed by atoms with Crippen molar-refractivity contribution < 1.29 is 9.59 Å². The molecule has 0 radical (unpaired) electrons. The van der Waals surface area contributed by atoms with Gasteiger partial charge in [-0.05, 0) is 48.7 Å². The molecule has 0 bridgehead atoms. The summed E-state index contributed by atoms with van der Waals surface area (Å²) in [5, 5.41) is 3.09. The van der Waals surface area contributed by atoms with E-state index in [1.165, 1.54) is 5.56 Å². The highest BCUT2D eigenvalue weighted by molar-refractivity contribution is 5.95. The Bertz CT molecular complexity index is 1070. The summed E-state index contributed by atoms with van der Waals surface area (Å²) in [7, 11) is 0. The highest BCUT2D eigenvalue weighted by Gasteiger charge is 2.30. The number of nitrogens with two attached hydrogens (primary N) is 1. The molecule has 4 rings (SSSR count). The smallest absolute Gasteiger partial charge is 0.241 e. The summed E-state index contributed by atoms with van der Waals surface area (Å²) in [6, 6.07) is 27.6. The Labute approximate surface area is 195 Å². The summed E-state index contributed by atoms with van der Waals surface area (Å²) < 4.78 is 0. The molecule has 1 atom stereocenters. The average Bonchev–Trinajstić information content (AvgIpc) is 3.28. The van der Waals surface area contributed by atoms with Crippen LogP contribution in [0.1, 0.15) is 24.0 Å². The fourth-order valence-electron chi connectivity index (χ4n) is 4.37. The third-order valence-electron chi connectivity index (χ3n) is 5.94. The predicted octanol–water partition coefficient (Wildman–Crippen LogP) is 3.78. The number of amides is 2. The van der Waals surface area contributed by atoms with Crippen molar-refractivity contribution in [1.82, 2.24) is 4.90 Å². The predicted molar refractivity (Wildman–Crippen MR) is 132 cm³/mol. The second-order valence-electron chi connectivity index (χ2n) is 8.46. The summed E-state index contributed by atoms with van der Waals surface area (Å²) >= 11 is 0. The van der Waals surface area contributed by atoms with E-state index in [0.717, 1.165) is 37.2 Å². The zero-order chi connectivity index (χ0) is 23.0. The lowest BCUT2D eigenvalue weighted by Crippen LogP contribution is -2.39. The third-order valence-corrected chi connectivity index (χ3v) is 5.94. The second-order valence-corrected chi connectivity index (χ2v) is 8.46. The summed E-state index contributed by atoms with van der Waals surface area (Å²) in [4.78, 5) is 29.0. The molecule has 1 unspecified atom stereocenters. The fraction of sp³-hybridized carbons (Fsp3) is 0.259. The molecule has 3 aromatic carbocycles. The molecule has 2 amide bonds. The van der Waals surface area contributed by atoms with Gasteiger partial charge in [-0.2, -0.15) is 0 Å². The van der Waals surface area contributed by atoms with Crippen LogP contribution in [-0.4, -0.2) is 35.8 Å². The molecule has 0 spiro atoms. The summed E-state index contributed by atoms with van der Waals surface area (Å²) in [5.41, 5.74) is 9.35. The molecular weight excluding hydrogens is 412 g/mol. The number of nitrogens with one attached hydrogen (secondary N) is 1. The van der Waals surface area contributed by atoms with Crippen LogP contribution in [0.4, 0.5) is 11.4 Å². The van der Waals surface area contributed by atoms with Gasteiger partial charge < -0.3 is 16.0 Å². The van der Waals surface area contributed by atoms with E-state index in [-0.39, 0.29) is 18.5 Å². The largest absolute Gasteiger partial charge is 0.368 e. The number of carbonyl (C=O) groups is 2. The van der Waals surface area contributed by atoms with Crippen LogP contribution in [-0.2, 0) is 22.7 Å². The molecule has 0 aromatic heterocycles. The molecule has 33 heavy (non-hydrogen) atoms. The molecule has 6 nitrogen and oxygen atoms in total. The minimum absolute atomic E-state index is 0.00471. The van der Waals surface area contributed by atoms with Crippen LogP contribution in [0, 0.1) is 0 Å². The number of rotatable bonds is 9. The standard InChI is InChI=1S/C27H30N4O2/c28-26(32)20-31(19-22-11-5-2-6-12-22)24-14-7-13-23(17-24)29-27(33)25-15-8-16-30(25)18-21-9-3-1-4-10-21/h1-7,9-14,17,25H,8,15-16,18-20H2,(H2,28,32)(H,29,33). The fourth-order valence-corrected chi connectivity index (χ4v) is 4.37. The molecule has 1 fully saturated rings. The first-order chi connectivity index (χ1) is 16.1. The summed E-state index contributed by atoms with van der Waals surface area (Å²) in [5.74, 6) is -0.395. The molecular formula is C27H30N4O2. The van der Waals surface area contributed by atoms with Crippen molar-refractivity contribution in [1.29, 1.82) is 0 Å². The maximum Gasteiger partial charge on any atom is 0.241 e. The van der Waals surface area contributed by atoms with Crippen LogP contribution >= 0.6 is 0 Å². The van der Waals surface area contributed by atoms with Gasteiger partial charge in [-0.3, -0.25) is 14.5 Å². The molecule has 1 aliphatic heterocycles. The van der Waals surface area contributed by atoms with E-state index < -0.39 is 5.91 Å². The molecule has 3 aromatic rings. The second kappa shape index (κ2) is 10.8. The Balaban J connectivity index is 1.46. The van der Waals surface area contributed by atoms with E-state index in [4.69, 9.17) is 5.73 Å². The average molecular weight is 443 g/mol. The van der Waals surface area contributed by atoms with Gasteiger partial charge in [-0.15, -0.1) is 0 Å². The maximum atomic E-state index is 13.1. The number of anilines is 2. The molecule has 1 saturated heterocycles. The van der Waals surface area contributed by atoms with Gasteiger partial charge in [0, 0.05) is 24.5 Å². The zero-order valence-electron chi connectivity index (χ0n) is 18.7. The molecule has 3 N–H and O–H groups in total. The number of hydrogen-bond acceptors (Lipinski definition) is 4. The van der Waals surface area contributed by atoms with Gasteiger partial charge in [0.2, 0.25) is 11.8 Å². The Hall–Kier alpha value is -3.64. The first-order valence-corrected chi connectivity index (χ1v) is 11.3. The normalized spacial score (nSPS) is 15.8. The third kappa shape index (κ3) is 6.20. The lowest BCUT2D eigenvalue weighted by atomic mass is 10.1. The highest BCUT2D eigenvalue weighted by atomic mass is 16.2. The summed E-state index contributed by atoms with van der Waals surface area (Å²) in [6.45, 7) is 2.33. The summed E-state index contributed by atoms with van der Waals surface area (Å²) in [6.07, 6.45) is 1.86. The van der Waals surface area contributed by atoms with Crippen molar-refractivity contribution >= 4 is 23.2 Å². The lowest BCUT2D eigenvalue weighted by molar-refractivity contribution is -0.120. The van der Waals surface area contributed by atoms with E-state index >= 15 is 0 Å². The topological polar surface area (TPSA) is 78.7 Å². The molecule has 1 aliphatic rings. The van der Waals surface area contributed by atoms with Crippen molar-refractivity contribution in [2.45, 2.75) is 32.0 Å². The first-order valence-electron chi connectivity index (χ1n) is 11.3. The van der Waals surface area contributed by atoms with Crippen molar-refractivity contribution in [3.63, 3.8) is 0 Å². The van der Waals surface area contributed by atoms with Crippen LogP contribution in [0.3, 0.4) is 0 Å². The van der Waals surface area contributed by atoms with Gasteiger partial charge >= 0.3 is 0 Å². The Kier molecular flexibility index (Phi) is 7.37. The Morgan fingerprint density at radius 2 is 1.64 bits per heavy atom. The number of hydrogen-bond donors (Lipinski definition) is 2. The molecule has 170 valence electrons. The van der Waals surface area contributed by atoms with E-state index in [1.807, 2.05) is 77.7 Å². The van der Waals surface area contributed by atoms with Crippen LogP contribution in [0.15, 0.2) is 84.9 Å². The van der Waals surface area contributed by atoms with E-state index in [2.05, 4.69) is 22.3 Å². The number of nitrogens with zero attached hydrogens (tertiary/aromatic N) is 2. The molecule has 6 heteroatoms. The lowest BCUT2D eigenvalue weighted by Gasteiger charge is -2.25. The van der Waals surface area contributed by atoms with Gasteiger partial charge in [0.05, 0.1) is 12.6 Å². The zero-order valence-corrected chi connectivity index (χ0v) is 18.7. The monoisotopic (exact) mass is 442 g/mol.